The third-order valence-electron chi connectivity index (χ3n) is 0.931. The molecule has 1 atom stereocenters. The first-order valence-electron chi connectivity index (χ1n) is 3.49. The van der Waals surface area contributed by atoms with Crippen molar-refractivity contribution in [2.75, 3.05) is 6.61 Å². The van der Waals surface area contributed by atoms with Crippen LogP contribution in [0.1, 0.15) is 13.8 Å². The van der Waals surface area contributed by atoms with E-state index < -0.39 is 30.6 Å². The zero-order chi connectivity index (χ0) is 10.4. The second-order valence-corrected chi connectivity index (χ2v) is 2.25. The Morgan fingerprint density at radius 2 is 1.92 bits per heavy atom. The highest BCUT2D eigenvalue weighted by Gasteiger charge is 2.13. The average molecular weight is 190 g/mol. The molecule has 0 aliphatic carbocycles. The van der Waals surface area contributed by atoms with Gasteiger partial charge in [0.05, 0.1) is 0 Å². The molecule has 74 valence electrons. The number of carbonyl (C=O) groups excluding carboxylic acids is 3. The van der Waals surface area contributed by atoms with E-state index in [0.29, 0.717) is 0 Å². The van der Waals surface area contributed by atoms with Crippen LogP contribution in [0, 0.1) is 0 Å². The Morgan fingerprint density at radius 1 is 1.38 bits per heavy atom. The van der Waals surface area contributed by atoms with Crippen molar-refractivity contribution < 1.29 is 29.0 Å². The zero-order valence-corrected chi connectivity index (χ0v) is 7.27. The summed E-state index contributed by atoms with van der Waals surface area (Å²) in [6.07, 6.45) is -1.30. The van der Waals surface area contributed by atoms with Crippen LogP contribution in [0.2, 0.25) is 0 Å². The van der Waals surface area contributed by atoms with Crippen molar-refractivity contribution in [3.63, 3.8) is 0 Å². The van der Waals surface area contributed by atoms with Gasteiger partial charge in [-0.15, -0.1) is 0 Å². The molecule has 0 spiro atoms. The van der Waals surface area contributed by atoms with Crippen LogP contribution in [-0.4, -0.2) is 35.7 Å². The molecule has 0 saturated carbocycles. The summed E-state index contributed by atoms with van der Waals surface area (Å²) in [5.41, 5.74) is 0. The summed E-state index contributed by atoms with van der Waals surface area (Å²) in [5.74, 6) is -2.69. The Morgan fingerprint density at radius 3 is 2.31 bits per heavy atom. The van der Waals surface area contributed by atoms with Gasteiger partial charge in [-0.25, -0.2) is 9.59 Å². The Kier molecular flexibility index (Phi) is 4.68. The lowest BCUT2D eigenvalue weighted by molar-refractivity contribution is -0.168. The summed E-state index contributed by atoms with van der Waals surface area (Å²) in [6, 6.07) is 0. The van der Waals surface area contributed by atoms with Crippen LogP contribution in [-0.2, 0) is 23.9 Å². The van der Waals surface area contributed by atoms with Crippen LogP contribution in [0.15, 0.2) is 0 Å². The lowest BCUT2D eigenvalue weighted by Gasteiger charge is -2.04. The maximum atomic E-state index is 10.6. The monoisotopic (exact) mass is 190 g/mol. The van der Waals surface area contributed by atoms with Crippen molar-refractivity contribution in [2.45, 2.75) is 20.0 Å². The number of esters is 3. The second-order valence-electron chi connectivity index (χ2n) is 2.25. The third kappa shape index (κ3) is 5.80. The molecular weight excluding hydrogens is 180 g/mol. The molecular formula is C7H10O6. The Labute approximate surface area is 74.4 Å². The van der Waals surface area contributed by atoms with Crippen LogP contribution < -0.4 is 0 Å². The van der Waals surface area contributed by atoms with E-state index in [1.54, 1.807) is 0 Å². The van der Waals surface area contributed by atoms with Gasteiger partial charge in [0.1, 0.15) is 6.10 Å². The van der Waals surface area contributed by atoms with Gasteiger partial charge in [0.15, 0.2) is 6.61 Å². The van der Waals surface area contributed by atoms with Gasteiger partial charge in [-0.3, -0.25) is 4.79 Å². The molecule has 0 aliphatic rings. The summed E-state index contributed by atoms with van der Waals surface area (Å²) >= 11 is 0. The first-order valence-corrected chi connectivity index (χ1v) is 3.49. The van der Waals surface area contributed by atoms with E-state index in [1.807, 2.05) is 0 Å². The molecule has 1 N–H and O–H groups in total. The number of carbonyl (C=O) groups is 3. The Bertz CT molecular complexity index is 219. The molecule has 0 rings (SSSR count). The lowest BCUT2D eigenvalue weighted by Crippen LogP contribution is -2.24. The number of aliphatic hydroxyl groups is 1. The Hall–Kier alpha value is -1.43. The van der Waals surface area contributed by atoms with Crippen LogP contribution in [0.3, 0.4) is 0 Å². The quantitative estimate of drug-likeness (QED) is 0.453. The SMILES string of the molecule is CC(=O)OC(=O)COC(=O)C(C)O. The minimum Gasteiger partial charge on any atom is -0.452 e. The van der Waals surface area contributed by atoms with Gasteiger partial charge in [0.25, 0.3) is 0 Å². The highest BCUT2D eigenvalue weighted by Crippen LogP contribution is 1.88. The van der Waals surface area contributed by atoms with E-state index in [4.69, 9.17) is 5.11 Å². The minimum absolute atomic E-state index is 0.677. The van der Waals surface area contributed by atoms with Gasteiger partial charge in [0.2, 0.25) is 0 Å². The van der Waals surface area contributed by atoms with Gasteiger partial charge in [-0.2, -0.15) is 0 Å². The normalized spacial score (nSPS) is 11.6. The third-order valence-corrected chi connectivity index (χ3v) is 0.931. The molecule has 0 amide bonds. The molecule has 6 heteroatoms. The maximum absolute atomic E-state index is 10.6. The highest BCUT2D eigenvalue weighted by atomic mass is 16.6. The summed E-state index contributed by atoms with van der Waals surface area (Å²) in [7, 11) is 0. The molecule has 0 aromatic rings. The van der Waals surface area contributed by atoms with Crippen molar-refractivity contribution in [1.82, 2.24) is 0 Å². The molecule has 0 heterocycles. The average Bonchev–Trinajstić information content (AvgIpc) is 1.98. The summed E-state index contributed by atoms with van der Waals surface area (Å²) < 4.78 is 8.29. The molecule has 0 aromatic heterocycles. The van der Waals surface area contributed by atoms with Crippen LogP contribution >= 0.6 is 0 Å². The number of aliphatic hydroxyl groups excluding tert-OH is 1. The summed E-state index contributed by atoms with van der Waals surface area (Å²) in [6.45, 7) is 1.57. The number of rotatable bonds is 3. The fraction of sp³-hybridized carbons (Fsp3) is 0.571. The standard InChI is InChI=1S/C7H10O6/c1-4(8)7(11)12-3-6(10)13-5(2)9/h4,8H,3H2,1-2H3. The number of hydrogen-bond acceptors (Lipinski definition) is 6. The molecule has 1 unspecified atom stereocenters. The molecule has 0 radical (unpaired) electrons. The van der Waals surface area contributed by atoms with Gasteiger partial charge < -0.3 is 14.6 Å². The van der Waals surface area contributed by atoms with Crippen molar-refractivity contribution in [2.24, 2.45) is 0 Å². The predicted octanol–water partition coefficient (Wildman–Crippen LogP) is -1.000. The van der Waals surface area contributed by atoms with Gasteiger partial charge >= 0.3 is 17.9 Å². The summed E-state index contributed by atoms with van der Waals surface area (Å²) in [4.78, 5) is 31.3. The van der Waals surface area contributed by atoms with Crippen molar-refractivity contribution in [3.05, 3.63) is 0 Å². The smallest absolute Gasteiger partial charge is 0.351 e. The van der Waals surface area contributed by atoms with E-state index in [0.717, 1.165) is 6.92 Å². The van der Waals surface area contributed by atoms with Crippen LogP contribution in [0.25, 0.3) is 0 Å². The molecule has 0 aliphatic heterocycles. The van der Waals surface area contributed by atoms with Gasteiger partial charge in [-0.1, -0.05) is 0 Å². The van der Waals surface area contributed by atoms with E-state index >= 15 is 0 Å². The number of hydrogen-bond donors (Lipinski definition) is 1. The topological polar surface area (TPSA) is 89.9 Å². The van der Waals surface area contributed by atoms with E-state index in [2.05, 4.69) is 9.47 Å². The second kappa shape index (κ2) is 5.26. The first kappa shape index (κ1) is 11.6. The van der Waals surface area contributed by atoms with Crippen molar-refractivity contribution >= 4 is 17.9 Å². The van der Waals surface area contributed by atoms with Gasteiger partial charge in [-0.05, 0) is 6.92 Å². The van der Waals surface area contributed by atoms with Gasteiger partial charge in [0, 0.05) is 6.92 Å². The lowest BCUT2D eigenvalue weighted by atomic mass is 10.4. The van der Waals surface area contributed by atoms with Crippen LogP contribution in [0.5, 0.6) is 0 Å². The van der Waals surface area contributed by atoms with Crippen molar-refractivity contribution in [1.29, 1.82) is 0 Å². The molecule has 13 heavy (non-hydrogen) atoms. The molecule has 0 aromatic carbocycles. The van der Waals surface area contributed by atoms with E-state index in [-0.39, 0.29) is 0 Å². The first-order chi connectivity index (χ1) is 5.93. The van der Waals surface area contributed by atoms with E-state index in [1.165, 1.54) is 6.92 Å². The molecule has 6 nitrogen and oxygen atoms in total. The zero-order valence-electron chi connectivity index (χ0n) is 7.27. The van der Waals surface area contributed by atoms with Crippen LogP contribution in [0.4, 0.5) is 0 Å². The summed E-state index contributed by atoms with van der Waals surface area (Å²) in [5, 5.41) is 8.62. The van der Waals surface area contributed by atoms with Crippen molar-refractivity contribution in [3.8, 4) is 0 Å². The Balaban J connectivity index is 3.70. The predicted molar refractivity (Wildman–Crippen MR) is 39.4 cm³/mol. The number of ether oxygens (including phenoxy) is 2. The maximum Gasteiger partial charge on any atom is 0.351 e. The van der Waals surface area contributed by atoms with E-state index in [9.17, 15) is 14.4 Å². The molecule has 0 saturated heterocycles. The molecule has 0 fully saturated rings. The largest absolute Gasteiger partial charge is 0.452 e. The highest BCUT2D eigenvalue weighted by molar-refractivity contribution is 5.86. The fourth-order valence-corrected chi connectivity index (χ4v) is 0.440. The minimum atomic E-state index is -1.30. The fourth-order valence-electron chi connectivity index (χ4n) is 0.440. The molecule has 0 bridgehead atoms.